The third kappa shape index (κ3) is 6.67. The van der Waals surface area contributed by atoms with Gasteiger partial charge in [0.15, 0.2) is 11.5 Å². The van der Waals surface area contributed by atoms with Crippen LogP contribution in [0.2, 0.25) is 0 Å². The summed E-state index contributed by atoms with van der Waals surface area (Å²) in [6, 6.07) is 9.61. The van der Waals surface area contributed by atoms with Crippen LogP contribution in [0.15, 0.2) is 41.3 Å². The molecule has 2 aromatic carbocycles. The van der Waals surface area contributed by atoms with Crippen LogP contribution in [0, 0.1) is 12.8 Å². The van der Waals surface area contributed by atoms with Crippen LogP contribution in [0.1, 0.15) is 28.8 Å². The summed E-state index contributed by atoms with van der Waals surface area (Å²) in [5, 5.41) is 18.7. The molecular formula is C25H33N3O7S. The second kappa shape index (κ2) is 11.5. The summed E-state index contributed by atoms with van der Waals surface area (Å²) in [6.07, 6.45) is 0.910. The van der Waals surface area contributed by atoms with E-state index in [-0.39, 0.29) is 16.7 Å². The van der Waals surface area contributed by atoms with Crippen molar-refractivity contribution in [2.45, 2.75) is 30.8 Å². The third-order valence-electron chi connectivity index (χ3n) is 6.40. The largest absolute Gasteiger partial charge is 0.492 e. The van der Waals surface area contributed by atoms with Gasteiger partial charge in [0.2, 0.25) is 10.0 Å². The molecule has 196 valence electrons. The highest BCUT2D eigenvalue weighted by molar-refractivity contribution is 7.89. The number of aryl methyl sites for hydroxylation is 1. The highest BCUT2D eigenvalue weighted by Crippen LogP contribution is 2.34. The molecule has 0 spiro atoms. The van der Waals surface area contributed by atoms with Crippen molar-refractivity contribution in [3.05, 3.63) is 47.5 Å². The summed E-state index contributed by atoms with van der Waals surface area (Å²) >= 11 is 0. The van der Waals surface area contributed by atoms with Gasteiger partial charge in [0.1, 0.15) is 12.4 Å². The van der Waals surface area contributed by atoms with Crippen molar-refractivity contribution < 1.29 is 32.5 Å². The molecule has 0 aliphatic carbocycles. The monoisotopic (exact) mass is 519 g/mol. The highest BCUT2D eigenvalue weighted by atomic mass is 32.2. The molecule has 4 rings (SSSR count). The molecule has 11 heteroatoms. The number of rotatable bonds is 8. The molecule has 2 atom stereocenters. The van der Waals surface area contributed by atoms with Crippen molar-refractivity contribution in [3.63, 3.8) is 0 Å². The number of hydrogen-bond donors (Lipinski definition) is 3. The first-order valence-corrected chi connectivity index (χ1v) is 13.6. The molecule has 0 saturated carbocycles. The van der Waals surface area contributed by atoms with E-state index in [1.54, 1.807) is 18.2 Å². The normalized spacial score (nSPS) is 20.4. The number of carbonyl (C=O) groups is 1. The SMILES string of the molecule is Cc1cc2c(c(C(=O)NC[C@@H]3CCN(CCOc4ccc(S(N)(=O)=O)cc4)C[C@H]3O)c1)OCCCO2. The molecule has 0 aromatic heterocycles. The fourth-order valence-corrected chi connectivity index (χ4v) is 4.92. The summed E-state index contributed by atoms with van der Waals surface area (Å²) in [6.45, 7) is 5.57. The highest BCUT2D eigenvalue weighted by Gasteiger charge is 2.29. The smallest absolute Gasteiger partial charge is 0.255 e. The van der Waals surface area contributed by atoms with Crippen molar-refractivity contribution >= 4 is 15.9 Å². The van der Waals surface area contributed by atoms with Gasteiger partial charge < -0.3 is 24.6 Å². The molecule has 2 aliphatic rings. The molecular weight excluding hydrogens is 486 g/mol. The Morgan fingerprint density at radius 2 is 1.97 bits per heavy atom. The van der Waals surface area contributed by atoms with Crippen LogP contribution in [0.25, 0.3) is 0 Å². The summed E-state index contributed by atoms with van der Waals surface area (Å²) in [7, 11) is -3.73. The van der Waals surface area contributed by atoms with Gasteiger partial charge in [-0.2, -0.15) is 0 Å². The van der Waals surface area contributed by atoms with E-state index < -0.39 is 16.1 Å². The predicted octanol–water partition coefficient (Wildman–Crippen LogP) is 1.30. The van der Waals surface area contributed by atoms with Gasteiger partial charge in [-0.05, 0) is 61.9 Å². The zero-order valence-corrected chi connectivity index (χ0v) is 21.1. The van der Waals surface area contributed by atoms with Gasteiger partial charge in [0.25, 0.3) is 5.91 Å². The Kier molecular flexibility index (Phi) is 8.35. The molecule has 0 bridgehead atoms. The number of aliphatic hydroxyl groups is 1. The molecule has 1 saturated heterocycles. The average molecular weight is 520 g/mol. The molecule has 4 N–H and O–H groups in total. The van der Waals surface area contributed by atoms with Gasteiger partial charge in [-0.15, -0.1) is 0 Å². The number of hydrogen-bond acceptors (Lipinski definition) is 8. The number of aliphatic hydroxyl groups excluding tert-OH is 1. The van der Waals surface area contributed by atoms with Crippen LogP contribution in [0.5, 0.6) is 17.2 Å². The van der Waals surface area contributed by atoms with Gasteiger partial charge in [-0.25, -0.2) is 13.6 Å². The first-order valence-electron chi connectivity index (χ1n) is 12.1. The van der Waals surface area contributed by atoms with Crippen LogP contribution in [0.4, 0.5) is 0 Å². The molecule has 36 heavy (non-hydrogen) atoms. The quantitative estimate of drug-likeness (QED) is 0.474. The number of carbonyl (C=O) groups excluding carboxylic acids is 1. The zero-order chi connectivity index (χ0) is 25.7. The number of β-amino-alcohol motifs (C(OH)–C–C–N with tert-alkyl or cyclic N) is 1. The Morgan fingerprint density at radius 3 is 2.69 bits per heavy atom. The summed E-state index contributed by atoms with van der Waals surface area (Å²) in [5.74, 6) is 1.32. The molecule has 10 nitrogen and oxygen atoms in total. The van der Waals surface area contributed by atoms with Crippen LogP contribution in [-0.4, -0.2) is 76.4 Å². The lowest BCUT2D eigenvalue weighted by molar-refractivity contribution is 0.0178. The van der Waals surface area contributed by atoms with Gasteiger partial charge in [-0.3, -0.25) is 9.69 Å². The van der Waals surface area contributed by atoms with Crippen LogP contribution < -0.4 is 24.7 Å². The molecule has 1 fully saturated rings. The molecule has 0 unspecified atom stereocenters. The number of benzene rings is 2. The molecule has 0 radical (unpaired) electrons. The summed E-state index contributed by atoms with van der Waals surface area (Å²) < 4.78 is 39.9. The lowest BCUT2D eigenvalue weighted by Crippen LogP contribution is -2.48. The van der Waals surface area contributed by atoms with E-state index in [2.05, 4.69) is 10.2 Å². The minimum absolute atomic E-state index is 0.0331. The predicted molar refractivity (Wildman–Crippen MR) is 133 cm³/mol. The van der Waals surface area contributed by atoms with Crippen molar-refractivity contribution in [3.8, 4) is 17.2 Å². The van der Waals surface area contributed by atoms with E-state index >= 15 is 0 Å². The van der Waals surface area contributed by atoms with E-state index in [0.29, 0.717) is 62.3 Å². The number of nitrogens with one attached hydrogen (secondary N) is 1. The van der Waals surface area contributed by atoms with E-state index in [1.165, 1.54) is 12.1 Å². The Balaban J connectivity index is 1.23. The number of nitrogens with zero attached hydrogens (tertiary/aromatic N) is 1. The number of primary sulfonamides is 1. The van der Waals surface area contributed by atoms with Crippen molar-refractivity contribution in [2.24, 2.45) is 11.1 Å². The zero-order valence-electron chi connectivity index (χ0n) is 20.3. The minimum atomic E-state index is -3.73. The maximum Gasteiger partial charge on any atom is 0.255 e. The van der Waals surface area contributed by atoms with Crippen LogP contribution >= 0.6 is 0 Å². The van der Waals surface area contributed by atoms with Crippen molar-refractivity contribution in [2.75, 3.05) is 46.0 Å². The van der Waals surface area contributed by atoms with Gasteiger partial charge >= 0.3 is 0 Å². The topological polar surface area (TPSA) is 140 Å². The fraction of sp³-hybridized carbons (Fsp3) is 0.480. The van der Waals surface area contributed by atoms with Crippen LogP contribution in [-0.2, 0) is 10.0 Å². The van der Waals surface area contributed by atoms with Crippen molar-refractivity contribution in [1.82, 2.24) is 10.2 Å². The number of sulfonamides is 1. The maximum atomic E-state index is 13.0. The Hall–Kier alpha value is -2.86. The number of likely N-dealkylation sites (tertiary alicyclic amines) is 1. The molecule has 2 aliphatic heterocycles. The molecule has 1 amide bonds. The van der Waals surface area contributed by atoms with E-state index in [4.69, 9.17) is 19.3 Å². The number of amides is 1. The van der Waals surface area contributed by atoms with Crippen LogP contribution in [0.3, 0.4) is 0 Å². The van der Waals surface area contributed by atoms with Gasteiger partial charge in [0, 0.05) is 32.0 Å². The average Bonchev–Trinajstić information content (AvgIpc) is 3.08. The lowest BCUT2D eigenvalue weighted by atomic mass is 9.93. The maximum absolute atomic E-state index is 13.0. The number of ether oxygens (including phenoxy) is 3. The fourth-order valence-electron chi connectivity index (χ4n) is 4.40. The second-order valence-corrected chi connectivity index (χ2v) is 10.7. The first kappa shape index (κ1) is 26.2. The number of piperidine rings is 1. The van der Waals surface area contributed by atoms with Crippen molar-refractivity contribution in [1.29, 1.82) is 0 Å². The standard InChI is InChI=1S/C25H33N3O7S/c1-17-13-21(24-23(14-17)34-10-2-11-35-24)25(30)27-15-18-7-8-28(16-22(18)29)9-12-33-19-3-5-20(6-4-19)36(26,31)32/h3-6,13-14,18,22,29H,2,7-12,15-16H2,1H3,(H,27,30)(H2,26,31,32)/t18-,22+/m0/s1. The Morgan fingerprint density at radius 1 is 1.22 bits per heavy atom. The number of fused-ring (bicyclic) bond motifs is 1. The summed E-state index contributed by atoms with van der Waals surface area (Å²) in [5.41, 5.74) is 1.37. The number of nitrogens with two attached hydrogens (primary N) is 1. The Labute approximate surface area is 211 Å². The van der Waals surface area contributed by atoms with E-state index in [0.717, 1.165) is 24.9 Å². The second-order valence-electron chi connectivity index (χ2n) is 9.18. The van der Waals surface area contributed by atoms with Gasteiger partial charge in [-0.1, -0.05) is 0 Å². The molecule has 2 aromatic rings. The lowest BCUT2D eigenvalue weighted by Gasteiger charge is -2.35. The van der Waals surface area contributed by atoms with E-state index in [9.17, 15) is 18.3 Å². The minimum Gasteiger partial charge on any atom is -0.492 e. The Bertz CT molecular complexity index is 1170. The van der Waals surface area contributed by atoms with Gasteiger partial charge in [0.05, 0.1) is 29.8 Å². The third-order valence-corrected chi connectivity index (χ3v) is 7.32. The molecule has 2 heterocycles. The summed E-state index contributed by atoms with van der Waals surface area (Å²) in [4.78, 5) is 15.1. The first-order chi connectivity index (χ1) is 17.2. The van der Waals surface area contributed by atoms with E-state index in [1.807, 2.05) is 13.0 Å².